The molecule has 1 aliphatic heterocycles. The second kappa shape index (κ2) is 9.25. The Balaban J connectivity index is 1.30. The summed E-state index contributed by atoms with van der Waals surface area (Å²) >= 11 is 1.65. The highest BCUT2D eigenvalue weighted by atomic mass is 32.1. The summed E-state index contributed by atoms with van der Waals surface area (Å²) in [6, 6.07) is 16.2. The first kappa shape index (κ1) is 21.5. The van der Waals surface area contributed by atoms with Crippen molar-refractivity contribution in [3.8, 4) is 11.1 Å². The summed E-state index contributed by atoms with van der Waals surface area (Å²) in [6.07, 6.45) is 0. The highest BCUT2D eigenvalue weighted by Crippen LogP contribution is 2.38. The van der Waals surface area contributed by atoms with Gasteiger partial charge in [0, 0.05) is 42.8 Å². The Kier molecular flexibility index (Phi) is 6.02. The van der Waals surface area contributed by atoms with Crippen LogP contribution in [0.5, 0.6) is 0 Å². The van der Waals surface area contributed by atoms with E-state index >= 15 is 0 Å². The van der Waals surface area contributed by atoms with Gasteiger partial charge in [0.2, 0.25) is 5.91 Å². The van der Waals surface area contributed by atoms with Crippen molar-refractivity contribution in [3.63, 3.8) is 0 Å². The van der Waals surface area contributed by atoms with E-state index in [0.717, 1.165) is 59.2 Å². The number of halogens is 1. The van der Waals surface area contributed by atoms with E-state index in [9.17, 15) is 9.18 Å². The molecule has 0 bridgehead atoms. The fourth-order valence-corrected chi connectivity index (χ4v) is 5.13. The van der Waals surface area contributed by atoms with Gasteiger partial charge in [0.05, 0.1) is 11.9 Å². The highest BCUT2D eigenvalue weighted by Gasteiger charge is 2.24. The van der Waals surface area contributed by atoms with Crippen LogP contribution in [0.15, 0.2) is 60.0 Å². The van der Waals surface area contributed by atoms with Crippen molar-refractivity contribution in [2.24, 2.45) is 0 Å². The van der Waals surface area contributed by atoms with Crippen molar-refractivity contribution in [3.05, 3.63) is 71.6 Å². The molecule has 0 saturated carbocycles. The summed E-state index contributed by atoms with van der Waals surface area (Å²) in [7, 11) is 0. The number of benzene rings is 2. The van der Waals surface area contributed by atoms with Crippen LogP contribution in [0.25, 0.3) is 21.3 Å². The van der Waals surface area contributed by atoms with Crippen LogP contribution in [0.2, 0.25) is 0 Å². The van der Waals surface area contributed by atoms with Crippen LogP contribution in [0.3, 0.4) is 0 Å². The lowest BCUT2D eigenvalue weighted by molar-refractivity contribution is -0.117. The predicted octanol–water partition coefficient (Wildman–Crippen LogP) is 4.57. The molecule has 6 nitrogen and oxygen atoms in total. The Labute approximate surface area is 195 Å². The van der Waals surface area contributed by atoms with E-state index in [-0.39, 0.29) is 11.7 Å². The minimum Gasteiger partial charge on any atom is -0.353 e. The first-order valence-corrected chi connectivity index (χ1v) is 11.8. The molecule has 0 unspecified atom stereocenters. The molecule has 0 atom stereocenters. The Hall–Kier alpha value is -3.36. The lowest BCUT2D eigenvalue weighted by Crippen LogP contribution is -2.49. The fourth-order valence-electron chi connectivity index (χ4n) is 4.14. The maximum absolute atomic E-state index is 13.1. The maximum Gasteiger partial charge on any atom is 0.238 e. The normalized spacial score (nSPS) is 14.5. The second-order valence-electron chi connectivity index (χ2n) is 8.11. The number of carbonyl (C=O) groups is 1. The average Bonchev–Trinajstić information content (AvgIpc) is 3.25. The van der Waals surface area contributed by atoms with Crippen molar-refractivity contribution in [1.29, 1.82) is 0 Å². The van der Waals surface area contributed by atoms with E-state index in [1.165, 1.54) is 12.1 Å². The molecule has 1 amide bonds. The molecule has 2 aromatic heterocycles. The molecule has 0 radical (unpaired) electrons. The number of nitrogens with zero attached hydrogens (tertiary/aromatic N) is 4. The first-order valence-electron chi connectivity index (χ1n) is 10.9. The zero-order chi connectivity index (χ0) is 22.8. The molecule has 1 N–H and O–H groups in total. The van der Waals surface area contributed by atoms with Crippen LogP contribution >= 0.6 is 11.3 Å². The monoisotopic (exact) mass is 461 g/mol. The molecule has 1 fully saturated rings. The van der Waals surface area contributed by atoms with Gasteiger partial charge in [-0.05, 0) is 36.8 Å². The molecule has 5 rings (SSSR count). The fraction of sp³-hybridized carbons (Fsp3) is 0.240. The van der Waals surface area contributed by atoms with Gasteiger partial charge in [-0.25, -0.2) is 14.4 Å². The molecule has 8 heteroatoms. The number of rotatable bonds is 5. The summed E-state index contributed by atoms with van der Waals surface area (Å²) in [5.74, 6) is 1.31. The van der Waals surface area contributed by atoms with Crippen LogP contribution in [0.1, 0.15) is 5.82 Å². The lowest BCUT2D eigenvalue weighted by atomic mass is 10.1. The van der Waals surface area contributed by atoms with E-state index in [4.69, 9.17) is 4.98 Å². The van der Waals surface area contributed by atoms with Gasteiger partial charge < -0.3 is 10.2 Å². The molecule has 0 aliphatic carbocycles. The number of fused-ring (bicyclic) bond motifs is 1. The molecule has 1 saturated heterocycles. The van der Waals surface area contributed by atoms with Crippen molar-refractivity contribution < 1.29 is 9.18 Å². The molecule has 33 heavy (non-hydrogen) atoms. The summed E-state index contributed by atoms with van der Waals surface area (Å²) in [4.78, 5) is 27.3. The smallest absolute Gasteiger partial charge is 0.238 e. The standard InChI is InChI=1S/C25H24FN5OS/c1-17-27-24(23-21(16-33-25(23)28-17)18-5-3-2-4-6-18)31-13-11-30(12-14-31)15-22(32)29-20-9-7-19(26)8-10-20/h2-10,16H,11-15H2,1H3,(H,29,32). The van der Waals surface area contributed by atoms with Gasteiger partial charge in [0.15, 0.2) is 0 Å². The van der Waals surface area contributed by atoms with Gasteiger partial charge in [-0.1, -0.05) is 30.3 Å². The number of hydrogen-bond donors (Lipinski definition) is 1. The number of piperazine rings is 1. The van der Waals surface area contributed by atoms with Crippen molar-refractivity contribution >= 4 is 39.0 Å². The summed E-state index contributed by atoms with van der Waals surface area (Å²) in [5.41, 5.74) is 2.92. The molecular formula is C25H24FN5OS. The van der Waals surface area contributed by atoms with Gasteiger partial charge >= 0.3 is 0 Å². The van der Waals surface area contributed by atoms with E-state index < -0.39 is 0 Å². The van der Waals surface area contributed by atoms with Gasteiger partial charge in [-0.15, -0.1) is 11.3 Å². The number of thiophene rings is 1. The Morgan fingerprint density at radius 2 is 1.76 bits per heavy atom. The predicted molar refractivity (Wildman–Crippen MR) is 131 cm³/mol. The first-order chi connectivity index (χ1) is 16.1. The molecule has 4 aromatic rings. The summed E-state index contributed by atoms with van der Waals surface area (Å²) < 4.78 is 13.1. The average molecular weight is 462 g/mol. The SMILES string of the molecule is Cc1nc(N2CCN(CC(=O)Nc3ccc(F)cc3)CC2)c2c(-c3ccccc3)csc2n1. The number of carbonyl (C=O) groups excluding carboxylic acids is 1. The minimum atomic E-state index is -0.320. The zero-order valence-electron chi connectivity index (χ0n) is 18.3. The van der Waals surface area contributed by atoms with E-state index in [2.05, 4.69) is 37.6 Å². The van der Waals surface area contributed by atoms with E-state index in [0.29, 0.717) is 12.2 Å². The molecule has 168 valence electrons. The second-order valence-corrected chi connectivity index (χ2v) is 8.97. The molecule has 3 heterocycles. The third-order valence-corrected chi connectivity index (χ3v) is 6.65. The Bertz CT molecular complexity index is 1270. The van der Waals surface area contributed by atoms with Crippen molar-refractivity contribution in [2.75, 3.05) is 42.9 Å². The zero-order valence-corrected chi connectivity index (χ0v) is 19.1. The van der Waals surface area contributed by atoms with Crippen molar-refractivity contribution in [1.82, 2.24) is 14.9 Å². The number of anilines is 2. The largest absolute Gasteiger partial charge is 0.353 e. The number of aromatic nitrogens is 2. The van der Waals surface area contributed by atoms with Crippen LogP contribution < -0.4 is 10.2 Å². The van der Waals surface area contributed by atoms with Gasteiger partial charge in [0.25, 0.3) is 0 Å². The summed E-state index contributed by atoms with van der Waals surface area (Å²) in [6.45, 7) is 5.30. The van der Waals surface area contributed by atoms with Crippen LogP contribution in [-0.4, -0.2) is 53.5 Å². The number of hydrogen-bond acceptors (Lipinski definition) is 6. The van der Waals surface area contributed by atoms with Crippen LogP contribution in [-0.2, 0) is 4.79 Å². The Morgan fingerprint density at radius 1 is 1.03 bits per heavy atom. The molecule has 0 spiro atoms. The molecular weight excluding hydrogens is 437 g/mol. The topological polar surface area (TPSA) is 61.4 Å². The highest BCUT2D eigenvalue weighted by molar-refractivity contribution is 7.17. The Morgan fingerprint density at radius 3 is 2.48 bits per heavy atom. The van der Waals surface area contributed by atoms with Gasteiger partial charge in [-0.3, -0.25) is 9.69 Å². The van der Waals surface area contributed by atoms with Crippen LogP contribution in [0.4, 0.5) is 15.9 Å². The van der Waals surface area contributed by atoms with E-state index in [1.807, 2.05) is 25.1 Å². The molecule has 1 aliphatic rings. The quantitative estimate of drug-likeness (QED) is 0.472. The number of nitrogens with one attached hydrogen (secondary N) is 1. The third-order valence-electron chi connectivity index (χ3n) is 5.78. The van der Waals surface area contributed by atoms with Crippen molar-refractivity contribution in [2.45, 2.75) is 6.92 Å². The molecule has 2 aromatic carbocycles. The van der Waals surface area contributed by atoms with E-state index in [1.54, 1.807) is 23.5 Å². The maximum atomic E-state index is 13.1. The lowest BCUT2D eigenvalue weighted by Gasteiger charge is -2.35. The van der Waals surface area contributed by atoms with Gasteiger partial charge in [0.1, 0.15) is 22.3 Å². The third kappa shape index (κ3) is 4.72. The summed E-state index contributed by atoms with van der Waals surface area (Å²) in [5, 5.41) is 6.09. The van der Waals surface area contributed by atoms with Crippen LogP contribution in [0, 0.1) is 12.7 Å². The van der Waals surface area contributed by atoms with Gasteiger partial charge in [-0.2, -0.15) is 0 Å². The number of amides is 1. The minimum absolute atomic E-state index is 0.0977. The number of aryl methyl sites for hydroxylation is 1.